The molecule has 110 valence electrons. The molecule has 0 saturated carbocycles. The van der Waals surface area contributed by atoms with Crippen LogP contribution in [-0.2, 0) is 11.2 Å². The maximum Gasteiger partial charge on any atom is 0.322 e. The quantitative estimate of drug-likeness (QED) is 0.862. The van der Waals surface area contributed by atoms with Crippen molar-refractivity contribution in [2.45, 2.75) is 19.4 Å². The number of hydrogen-bond donors (Lipinski definition) is 2. The van der Waals surface area contributed by atoms with Gasteiger partial charge in [0.05, 0.1) is 6.54 Å². The first-order valence-corrected chi connectivity index (χ1v) is 6.80. The highest BCUT2D eigenvalue weighted by Crippen LogP contribution is 2.26. The normalized spacial score (nSPS) is 17.4. The fourth-order valence-corrected chi connectivity index (χ4v) is 2.55. The molecular weight excluding hydrogens is 270 g/mol. The van der Waals surface area contributed by atoms with Gasteiger partial charge in [0.25, 0.3) is 0 Å². The van der Waals surface area contributed by atoms with E-state index in [2.05, 4.69) is 15.5 Å². The molecule has 1 unspecified atom stereocenters. The molecule has 0 fully saturated rings. The molecule has 3 rings (SSSR count). The van der Waals surface area contributed by atoms with E-state index in [1.807, 2.05) is 29.2 Å². The zero-order chi connectivity index (χ0) is 14.8. The Labute approximate surface area is 122 Å². The van der Waals surface area contributed by atoms with Crippen LogP contribution in [0, 0.1) is 6.92 Å². The summed E-state index contributed by atoms with van der Waals surface area (Å²) in [5, 5.41) is 10.0. The molecule has 0 aliphatic carbocycles. The van der Waals surface area contributed by atoms with Gasteiger partial charge >= 0.3 is 6.01 Å². The molecule has 3 N–H and O–H groups in total. The summed E-state index contributed by atoms with van der Waals surface area (Å²) < 4.78 is 5.14. The van der Waals surface area contributed by atoms with Crippen molar-refractivity contribution in [2.75, 3.05) is 23.3 Å². The second-order valence-corrected chi connectivity index (χ2v) is 5.15. The molecular formula is C14H17N5O2. The molecule has 0 spiro atoms. The summed E-state index contributed by atoms with van der Waals surface area (Å²) in [5.41, 5.74) is 8.27. The monoisotopic (exact) mass is 287 g/mol. The number of nitrogens with two attached hydrogens (primary N) is 1. The molecule has 1 aliphatic rings. The van der Waals surface area contributed by atoms with E-state index in [1.54, 1.807) is 6.92 Å². The first-order chi connectivity index (χ1) is 10.1. The number of aryl methyl sites for hydroxylation is 1. The van der Waals surface area contributed by atoms with E-state index in [4.69, 9.17) is 10.2 Å². The van der Waals surface area contributed by atoms with Gasteiger partial charge in [0.1, 0.15) is 0 Å². The number of hydrogen-bond acceptors (Lipinski definition) is 6. The van der Waals surface area contributed by atoms with Gasteiger partial charge in [-0.15, -0.1) is 5.10 Å². The van der Waals surface area contributed by atoms with Crippen LogP contribution in [-0.4, -0.2) is 35.2 Å². The van der Waals surface area contributed by atoms with Crippen molar-refractivity contribution in [1.82, 2.24) is 10.2 Å². The molecule has 1 aromatic carbocycles. The van der Waals surface area contributed by atoms with E-state index in [0.717, 1.165) is 17.7 Å². The Kier molecular flexibility index (Phi) is 3.57. The second kappa shape index (κ2) is 5.53. The molecule has 0 radical (unpaired) electrons. The number of rotatable bonds is 3. The summed E-state index contributed by atoms with van der Waals surface area (Å²) in [6, 6.07) is 8.13. The number of benzene rings is 1. The molecule has 1 aliphatic heterocycles. The smallest absolute Gasteiger partial charge is 0.322 e. The van der Waals surface area contributed by atoms with E-state index < -0.39 is 0 Å². The van der Waals surface area contributed by atoms with E-state index >= 15 is 0 Å². The highest BCUT2D eigenvalue weighted by Gasteiger charge is 2.23. The van der Waals surface area contributed by atoms with Crippen LogP contribution in [0.15, 0.2) is 28.7 Å². The van der Waals surface area contributed by atoms with Crippen molar-refractivity contribution in [1.29, 1.82) is 0 Å². The predicted molar refractivity (Wildman–Crippen MR) is 78.0 cm³/mol. The second-order valence-electron chi connectivity index (χ2n) is 5.15. The summed E-state index contributed by atoms with van der Waals surface area (Å²) >= 11 is 0. The highest BCUT2D eigenvalue weighted by molar-refractivity contribution is 5.92. The zero-order valence-corrected chi connectivity index (χ0v) is 11.7. The number of carbonyl (C=O) groups is 1. The number of anilines is 2. The molecule has 7 heteroatoms. The molecule has 2 aromatic rings. The Morgan fingerprint density at radius 3 is 3.05 bits per heavy atom. The topological polar surface area (TPSA) is 97.3 Å². The minimum atomic E-state index is -0.206. The van der Waals surface area contributed by atoms with Crippen molar-refractivity contribution in [2.24, 2.45) is 5.73 Å². The standard InChI is InChI=1S/C14H17N5O2/c1-9-17-18-14(21-9)16-13(20)8-19-7-11(15)6-10-4-2-3-5-12(10)19/h2-5,11H,6-8,15H2,1H3,(H,16,18,20). The molecule has 21 heavy (non-hydrogen) atoms. The van der Waals surface area contributed by atoms with Crippen molar-refractivity contribution in [3.05, 3.63) is 35.7 Å². The van der Waals surface area contributed by atoms with E-state index in [0.29, 0.717) is 12.4 Å². The number of para-hydroxylation sites is 1. The zero-order valence-electron chi connectivity index (χ0n) is 11.7. The largest absolute Gasteiger partial charge is 0.408 e. The number of nitrogens with one attached hydrogen (secondary N) is 1. The van der Waals surface area contributed by atoms with Crippen LogP contribution < -0.4 is 16.0 Å². The molecule has 0 bridgehead atoms. The van der Waals surface area contributed by atoms with Gasteiger partial charge in [-0.1, -0.05) is 23.3 Å². The number of nitrogens with zero attached hydrogens (tertiary/aromatic N) is 3. The van der Waals surface area contributed by atoms with Gasteiger partial charge in [-0.25, -0.2) is 0 Å². The van der Waals surface area contributed by atoms with Crippen molar-refractivity contribution < 1.29 is 9.21 Å². The van der Waals surface area contributed by atoms with Gasteiger partial charge in [-0.3, -0.25) is 10.1 Å². The Bertz CT molecular complexity index is 654. The third-order valence-electron chi connectivity index (χ3n) is 3.38. The Morgan fingerprint density at radius 2 is 2.29 bits per heavy atom. The number of aromatic nitrogens is 2. The molecule has 7 nitrogen and oxygen atoms in total. The van der Waals surface area contributed by atoms with Crippen molar-refractivity contribution in [3.63, 3.8) is 0 Å². The average molecular weight is 287 g/mol. The minimum Gasteiger partial charge on any atom is -0.408 e. The van der Waals surface area contributed by atoms with Crippen LogP contribution >= 0.6 is 0 Å². The number of carbonyl (C=O) groups excluding carboxylic acids is 1. The van der Waals surface area contributed by atoms with Gasteiger partial charge in [0.15, 0.2) is 0 Å². The average Bonchev–Trinajstić information content (AvgIpc) is 2.83. The van der Waals surface area contributed by atoms with Gasteiger partial charge in [-0.2, -0.15) is 0 Å². The molecule has 1 amide bonds. The molecule has 0 saturated heterocycles. The van der Waals surface area contributed by atoms with Crippen LogP contribution in [0.2, 0.25) is 0 Å². The van der Waals surface area contributed by atoms with E-state index in [9.17, 15) is 4.79 Å². The van der Waals surface area contributed by atoms with E-state index in [-0.39, 0.29) is 24.5 Å². The third kappa shape index (κ3) is 3.03. The minimum absolute atomic E-state index is 0.0262. The predicted octanol–water partition coefficient (Wildman–Crippen LogP) is 0.707. The van der Waals surface area contributed by atoms with E-state index in [1.165, 1.54) is 0 Å². The fraction of sp³-hybridized carbons (Fsp3) is 0.357. The lowest BCUT2D eigenvalue weighted by Crippen LogP contribution is -2.46. The van der Waals surface area contributed by atoms with Gasteiger partial charge in [-0.05, 0) is 18.1 Å². The van der Waals surface area contributed by atoms with Gasteiger partial charge in [0.2, 0.25) is 11.8 Å². The van der Waals surface area contributed by atoms with Crippen LogP contribution in [0.25, 0.3) is 0 Å². The highest BCUT2D eigenvalue weighted by atomic mass is 16.4. The van der Waals surface area contributed by atoms with Gasteiger partial charge in [0, 0.05) is 25.2 Å². The third-order valence-corrected chi connectivity index (χ3v) is 3.38. The Balaban J connectivity index is 1.71. The lowest BCUT2D eigenvalue weighted by molar-refractivity contribution is -0.115. The summed E-state index contributed by atoms with van der Waals surface area (Å²) in [6.45, 7) is 2.52. The van der Waals surface area contributed by atoms with Crippen LogP contribution in [0.3, 0.4) is 0 Å². The SMILES string of the molecule is Cc1nnc(NC(=O)CN2CC(N)Cc3ccccc32)o1. The molecule has 1 aromatic heterocycles. The summed E-state index contributed by atoms with van der Waals surface area (Å²) in [5.74, 6) is 0.207. The first-order valence-electron chi connectivity index (χ1n) is 6.80. The van der Waals surface area contributed by atoms with Crippen LogP contribution in [0.4, 0.5) is 11.7 Å². The summed E-state index contributed by atoms with van der Waals surface area (Å²) in [6.07, 6.45) is 0.831. The Morgan fingerprint density at radius 1 is 1.48 bits per heavy atom. The maximum atomic E-state index is 12.1. The molecule has 2 heterocycles. The van der Waals surface area contributed by atoms with Crippen molar-refractivity contribution in [3.8, 4) is 0 Å². The summed E-state index contributed by atoms with van der Waals surface area (Å²) in [7, 11) is 0. The molecule has 1 atom stereocenters. The fourth-order valence-electron chi connectivity index (χ4n) is 2.55. The Hall–Kier alpha value is -2.41. The lowest BCUT2D eigenvalue weighted by atomic mass is 9.98. The lowest BCUT2D eigenvalue weighted by Gasteiger charge is -2.33. The van der Waals surface area contributed by atoms with Crippen LogP contribution in [0.5, 0.6) is 0 Å². The number of amides is 1. The first kappa shape index (κ1) is 13.6. The summed E-state index contributed by atoms with van der Waals surface area (Å²) in [4.78, 5) is 14.1. The maximum absolute atomic E-state index is 12.1. The number of fused-ring (bicyclic) bond motifs is 1. The van der Waals surface area contributed by atoms with Crippen molar-refractivity contribution >= 4 is 17.6 Å². The van der Waals surface area contributed by atoms with Crippen LogP contribution in [0.1, 0.15) is 11.5 Å². The van der Waals surface area contributed by atoms with Gasteiger partial charge < -0.3 is 15.1 Å².